The molecule has 2 bridgehead atoms. The molecule has 8 heteroatoms. The Morgan fingerprint density at radius 3 is 2.32 bits per heavy atom. The van der Waals surface area contributed by atoms with Crippen LogP contribution < -0.4 is 4.72 Å². The third kappa shape index (κ3) is 3.13. The first-order valence-electron chi connectivity index (χ1n) is 8.99. The zero-order valence-corrected chi connectivity index (χ0v) is 15.5. The van der Waals surface area contributed by atoms with Crippen LogP contribution in [0, 0.1) is 22.7 Å². The molecule has 3 saturated carbocycles. The number of alkyl halides is 3. The van der Waals surface area contributed by atoms with E-state index in [0.29, 0.717) is 25.7 Å². The molecule has 0 aliphatic heterocycles. The Morgan fingerprint density at radius 2 is 1.80 bits per heavy atom. The van der Waals surface area contributed by atoms with Crippen molar-refractivity contribution in [2.45, 2.75) is 71.0 Å². The van der Waals surface area contributed by atoms with Gasteiger partial charge in [0.15, 0.2) is 0 Å². The van der Waals surface area contributed by atoms with Crippen molar-refractivity contribution in [3.8, 4) is 0 Å². The topological polar surface area (TPSA) is 63.2 Å². The molecule has 4 nitrogen and oxygen atoms in total. The van der Waals surface area contributed by atoms with E-state index < -0.39 is 39.0 Å². The molecule has 1 N–H and O–H groups in total. The zero-order chi connectivity index (χ0) is 18.7. The number of carbonyl (C=O) groups is 1. The van der Waals surface area contributed by atoms with Crippen molar-refractivity contribution < 1.29 is 26.4 Å². The predicted molar refractivity (Wildman–Crippen MR) is 87.3 cm³/mol. The molecule has 0 aromatic heterocycles. The molecule has 0 spiro atoms. The standard InChI is InChI=1S/C17H26F3NO3S/c1-15(2)11-7-8-16(15,14(22)9-11)10-25(23,24)21-13-6-4-3-5-12(13)17(18,19)20/h11-13,21H,3-10H2,1-2H3. The number of hydrogen-bond acceptors (Lipinski definition) is 3. The quantitative estimate of drug-likeness (QED) is 0.812. The van der Waals surface area contributed by atoms with Gasteiger partial charge in [-0.2, -0.15) is 13.2 Å². The molecule has 144 valence electrons. The van der Waals surface area contributed by atoms with Crippen molar-refractivity contribution in [2.75, 3.05) is 5.75 Å². The fourth-order valence-corrected chi connectivity index (χ4v) is 7.52. The number of hydrogen-bond donors (Lipinski definition) is 1. The van der Waals surface area contributed by atoms with E-state index in [0.717, 1.165) is 6.42 Å². The highest BCUT2D eigenvalue weighted by Crippen LogP contribution is 2.64. The maximum Gasteiger partial charge on any atom is 0.393 e. The summed E-state index contributed by atoms with van der Waals surface area (Å²) in [5.41, 5.74) is -1.37. The molecule has 3 aliphatic rings. The lowest BCUT2D eigenvalue weighted by atomic mass is 9.70. The van der Waals surface area contributed by atoms with Crippen molar-refractivity contribution >= 4 is 15.8 Å². The Hall–Kier alpha value is -0.630. The minimum Gasteiger partial charge on any atom is -0.299 e. The van der Waals surface area contributed by atoms with Gasteiger partial charge in [0.2, 0.25) is 10.0 Å². The molecule has 25 heavy (non-hydrogen) atoms. The third-order valence-corrected chi connectivity index (χ3v) is 8.63. The van der Waals surface area contributed by atoms with Gasteiger partial charge in [0.25, 0.3) is 0 Å². The Balaban J connectivity index is 1.79. The van der Waals surface area contributed by atoms with Gasteiger partial charge < -0.3 is 0 Å². The minimum absolute atomic E-state index is 0.0462. The summed E-state index contributed by atoms with van der Waals surface area (Å²) in [6.45, 7) is 3.84. The monoisotopic (exact) mass is 381 g/mol. The van der Waals surface area contributed by atoms with Crippen molar-refractivity contribution in [3.05, 3.63) is 0 Å². The second kappa shape index (κ2) is 5.94. The highest BCUT2D eigenvalue weighted by molar-refractivity contribution is 7.89. The summed E-state index contributed by atoms with van der Waals surface area (Å²) in [5.74, 6) is -1.90. The van der Waals surface area contributed by atoms with Gasteiger partial charge in [-0.25, -0.2) is 13.1 Å². The number of fused-ring (bicyclic) bond motifs is 2. The lowest BCUT2D eigenvalue weighted by Gasteiger charge is -2.38. The molecule has 0 heterocycles. The van der Waals surface area contributed by atoms with Crippen LogP contribution in [0.25, 0.3) is 0 Å². The fraction of sp³-hybridized carbons (Fsp3) is 0.941. The maximum absolute atomic E-state index is 13.2. The van der Waals surface area contributed by atoms with Crippen LogP contribution in [-0.2, 0) is 14.8 Å². The highest BCUT2D eigenvalue weighted by atomic mass is 32.2. The van der Waals surface area contributed by atoms with E-state index in [1.807, 2.05) is 13.8 Å². The summed E-state index contributed by atoms with van der Waals surface area (Å²) in [4.78, 5) is 12.5. The van der Waals surface area contributed by atoms with Crippen molar-refractivity contribution in [1.29, 1.82) is 0 Å². The van der Waals surface area contributed by atoms with E-state index >= 15 is 0 Å². The van der Waals surface area contributed by atoms with Crippen LogP contribution in [0.15, 0.2) is 0 Å². The number of carbonyl (C=O) groups excluding carboxylic acids is 1. The smallest absolute Gasteiger partial charge is 0.299 e. The molecular weight excluding hydrogens is 355 g/mol. The van der Waals surface area contributed by atoms with Crippen molar-refractivity contribution in [2.24, 2.45) is 22.7 Å². The Kier molecular flexibility index (Phi) is 4.55. The van der Waals surface area contributed by atoms with Gasteiger partial charge in [0.1, 0.15) is 5.78 Å². The highest BCUT2D eigenvalue weighted by Gasteiger charge is 2.65. The van der Waals surface area contributed by atoms with E-state index in [4.69, 9.17) is 0 Å². The van der Waals surface area contributed by atoms with Gasteiger partial charge >= 0.3 is 6.18 Å². The first kappa shape index (κ1) is 19.1. The Morgan fingerprint density at radius 1 is 1.16 bits per heavy atom. The second-order valence-electron chi connectivity index (χ2n) is 8.58. The summed E-state index contributed by atoms with van der Waals surface area (Å²) in [6, 6.07) is -1.12. The largest absolute Gasteiger partial charge is 0.393 e. The van der Waals surface area contributed by atoms with Crippen LogP contribution in [0.3, 0.4) is 0 Å². The average Bonchev–Trinajstić information content (AvgIpc) is 2.79. The summed E-state index contributed by atoms with van der Waals surface area (Å²) >= 11 is 0. The Bertz CT molecular complexity index is 659. The lowest BCUT2D eigenvalue weighted by Crippen LogP contribution is -2.51. The molecule has 0 aromatic rings. The molecule has 4 unspecified atom stereocenters. The maximum atomic E-state index is 13.2. The normalized spacial score (nSPS) is 38.3. The summed E-state index contributed by atoms with van der Waals surface area (Å²) in [7, 11) is -3.98. The molecule has 0 amide bonds. The third-order valence-electron chi connectivity index (χ3n) is 7.09. The summed E-state index contributed by atoms with van der Waals surface area (Å²) < 4.78 is 67.4. The molecule has 0 saturated heterocycles. The lowest BCUT2D eigenvalue weighted by molar-refractivity contribution is -0.187. The second-order valence-corrected chi connectivity index (χ2v) is 10.3. The van der Waals surface area contributed by atoms with E-state index in [-0.39, 0.29) is 30.3 Å². The number of nitrogens with one attached hydrogen (secondary N) is 1. The minimum atomic E-state index is -4.41. The van der Waals surface area contributed by atoms with Gasteiger partial charge in [-0.05, 0) is 37.0 Å². The van der Waals surface area contributed by atoms with Crippen LogP contribution >= 0.6 is 0 Å². The fourth-order valence-electron chi connectivity index (χ4n) is 5.37. The van der Waals surface area contributed by atoms with Crippen LogP contribution in [0.4, 0.5) is 13.2 Å². The van der Waals surface area contributed by atoms with Crippen LogP contribution in [0.2, 0.25) is 0 Å². The molecule has 0 aromatic carbocycles. The Labute approximate surface area is 147 Å². The van der Waals surface area contributed by atoms with Crippen LogP contribution in [0.1, 0.15) is 58.8 Å². The molecule has 3 fully saturated rings. The molecule has 0 radical (unpaired) electrons. The molecule has 4 atom stereocenters. The van der Waals surface area contributed by atoms with Crippen molar-refractivity contribution in [3.63, 3.8) is 0 Å². The van der Waals surface area contributed by atoms with E-state index in [1.165, 1.54) is 0 Å². The van der Waals surface area contributed by atoms with Gasteiger partial charge in [0.05, 0.1) is 11.7 Å². The number of sulfonamides is 1. The van der Waals surface area contributed by atoms with E-state index in [9.17, 15) is 26.4 Å². The summed E-state index contributed by atoms with van der Waals surface area (Å²) in [5, 5.41) is 0. The van der Waals surface area contributed by atoms with Gasteiger partial charge in [-0.1, -0.05) is 26.7 Å². The first-order valence-corrected chi connectivity index (χ1v) is 10.6. The van der Waals surface area contributed by atoms with E-state index in [1.54, 1.807) is 0 Å². The molecule has 3 aliphatic carbocycles. The van der Waals surface area contributed by atoms with Gasteiger partial charge in [-0.15, -0.1) is 0 Å². The number of Topliss-reactive ketones (excluding diaryl/α,β-unsaturated/α-hetero) is 1. The van der Waals surface area contributed by atoms with Crippen LogP contribution in [0.5, 0.6) is 0 Å². The SMILES string of the molecule is CC1(C)C2CCC1(CS(=O)(=O)NC1CCCCC1C(F)(F)F)C(=O)C2. The van der Waals surface area contributed by atoms with E-state index in [2.05, 4.69) is 4.72 Å². The predicted octanol–water partition coefficient (Wildman–Crippen LogP) is 3.42. The van der Waals surface area contributed by atoms with Gasteiger partial charge in [0, 0.05) is 17.9 Å². The first-order chi connectivity index (χ1) is 11.4. The molecular formula is C17H26F3NO3S. The van der Waals surface area contributed by atoms with Crippen LogP contribution in [-0.4, -0.2) is 32.2 Å². The van der Waals surface area contributed by atoms with Crippen molar-refractivity contribution in [1.82, 2.24) is 4.72 Å². The number of halogens is 3. The average molecular weight is 381 g/mol. The number of rotatable bonds is 4. The summed E-state index contributed by atoms with van der Waals surface area (Å²) in [6.07, 6.45) is -1.52. The van der Waals surface area contributed by atoms with Gasteiger partial charge in [-0.3, -0.25) is 4.79 Å². The number of ketones is 1. The molecule has 3 rings (SSSR count). The zero-order valence-electron chi connectivity index (χ0n) is 14.7.